The molecule has 1 aliphatic heterocycles. The van der Waals surface area contributed by atoms with Crippen molar-refractivity contribution in [2.24, 2.45) is 5.41 Å². The van der Waals surface area contributed by atoms with Crippen molar-refractivity contribution in [3.63, 3.8) is 0 Å². The summed E-state index contributed by atoms with van der Waals surface area (Å²) in [6.45, 7) is 5.17. The van der Waals surface area contributed by atoms with Crippen LogP contribution in [0.1, 0.15) is 57.4 Å². The molecule has 1 saturated carbocycles. The van der Waals surface area contributed by atoms with Crippen molar-refractivity contribution in [1.82, 2.24) is 0 Å². The maximum atomic E-state index is 12.9. The van der Waals surface area contributed by atoms with Gasteiger partial charge in [-0.3, -0.25) is 4.79 Å². The molecule has 3 rings (SSSR count). The molecule has 3 heteroatoms. The number of hydrogen-bond acceptors (Lipinski definition) is 2. The molecule has 21 heavy (non-hydrogen) atoms. The van der Waals surface area contributed by atoms with Gasteiger partial charge in [0.05, 0.1) is 11.5 Å². The third-order valence-corrected chi connectivity index (χ3v) is 5.30. The van der Waals surface area contributed by atoms with E-state index in [-0.39, 0.29) is 17.4 Å². The molecule has 2 aliphatic rings. The minimum Gasteiger partial charge on any atom is -0.393 e. The predicted molar refractivity (Wildman–Crippen MR) is 84.4 cm³/mol. The molecule has 0 bridgehead atoms. The first kappa shape index (κ1) is 14.6. The van der Waals surface area contributed by atoms with Gasteiger partial charge in [-0.25, -0.2) is 0 Å². The summed E-state index contributed by atoms with van der Waals surface area (Å²) >= 11 is 0. The molecule has 1 amide bonds. The average Bonchev–Trinajstić information content (AvgIpc) is 2.80. The van der Waals surface area contributed by atoms with Crippen molar-refractivity contribution >= 4 is 11.6 Å². The molecule has 1 heterocycles. The second-order valence-corrected chi connectivity index (χ2v) is 6.96. The second-order valence-electron chi connectivity index (χ2n) is 6.96. The van der Waals surface area contributed by atoms with Gasteiger partial charge in [0.15, 0.2) is 0 Å². The van der Waals surface area contributed by atoms with Gasteiger partial charge < -0.3 is 10.0 Å². The molecule has 1 N–H and O–H groups in total. The Hall–Kier alpha value is -1.35. The van der Waals surface area contributed by atoms with E-state index in [2.05, 4.69) is 38.1 Å². The summed E-state index contributed by atoms with van der Waals surface area (Å²) in [6.07, 6.45) is 3.95. The van der Waals surface area contributed by atoms with Crippen LogP contribution in [-0.4, -0.2) is 23.7 Å². The molecule has 1 aromatic carbocycles. The Kier molecular flexibility index (Phi) is 3.78. The van der Waals surface area contributed by atoms with E-state index in [9.17, 15) is 9.90 Å². The quantitative estimate of drug-likeness (QED) is 0.905. The number of rotatable bonds is 2. The van der Waals surface area contributed by atoms with Gasteiger partial charge in [-0.2, -0.15) is 0 Å². The van der Waals surface area contributed by atoms with Crippen molar-refractivity contribution in [3.8, 4) is 0 Å². The highest BCUT2D eigenvalue weighted by molar-refractivity contribution is 5.99. The Bertz CT molecular complexity index is 513. The molecule has 1 saturated heterocycles. The van der Waals surface area contributed by atoms with Gasteiger partial charge in [-0.1, -0.05) is 26.0 Å². The molecular formula is C18H25NO2. The van der Waals surface area contributed by atoms with Crippen molar-refractivity contribution in [2.45, 2.75) is 58.0 Å². The fraction of sp³-hybridized carbons (Fsp3) is 0.611. The normalized spacial score (nSPS) is 29.6. The highest BCUT2D eigenvalue weighted by Gasteiger charge is 2.48. The highest BCUT2D eigenvalue weighted by Crippen LogP contribution is 2.46. The molecule has 114 valence electrons. The minimum atomic E-state index is -0.206. The number of carbonyl (C=O) groups excluding carboxylic acids is 1. The number of amides is 1. The molecule has 1 aromatic rings. The van der Waals surface area contributed by atoms with Gasteiger partial charge in [0.25, 0.3) is 0 Å². The van der Waals surface area contributed by atoms with Crippen LogP contribution in [0.25, 0.3) is 0 Å². The predicted octanol–water partition coefficient (Wildman–Crippen LogP) is 3.47. The van der Waals surface area contributed by atoms with E-state index in [4.69, 9.17) is 0 Å². The number of anilines is 1. The van der Waals surface area contributed by atoms with Crippen LogP contribution in [0, 0.1) is 5.41 Å². The summed E-state index contributed by atoms with van der Waals surface area (Å²) in [4.78, 5) is 14.8. The van der Waals surface area contributed by atoms with E-state index in [1.54, 1.807) is 0 Å². The first-order valence-corrected chi connectivity index (χ1v) is 8.12. The first-order chi connectivity index (χ1) is 10.0. The minimum absolute atomic E-state index is 0.198. The monoisotopic (exact) mass is 287 g/mol. The number of aliphatic hydroxyl groups excluding tert-OH is 1. The number of hydrogen-bond donors (Lipinski definition) is 1. The zero-order valence-corrected chi connectivity index (χ0v) is 13.0. The molecule has 3 nitrogen and oxygen atoms in total. The molecular weight excluding hydrogens is 262 g/mol. The van der Waals surface area contributed by atoms with E-state index in [0.717, 1.165) is 44.3 Å². The van der Waals surface area contributed by atoms with Crippen LogP contribution in [0.2, 0.25) is 0 Å². The SMILES string of the molecule is CC(C)c1ccc(N2CCC3(CCC(O)CC3)C2=O)cc1. The Labute approximate surface area is 127 Å². The standard InChI is InChI=1S/C18H25NO2/c1-13(2)14-3-5-15(6-4-14)19-12-11-18(17(19)21)9-7-16(20)8-10-18/h3-6,13,16,20H,7-12H2,1-2H3. The lowest BCUT2D eigenvalue weighted by Crippen LogP contribution is -2.38. The van der Waals surface area contributed by atoms with Crippen LogP contribution in [-0.2, 0) is 4.79 Å². The van der Waals surface area contributed by atoms with Gasteiger partial charge in [0.1, 0.15) is 0 Å². The van der Waals surface area contributed by atoms with Gasteiger partial charge in [-0.15, -0.1) is 0 Å². The van der Waals surface area contributed by atoms with Gasteiger partial charge >= 0.3 is 0 Å². The Morgan fingerprint density at radius 2 is 1.76 bits per heavy atom. The summed E-state index contributed by atoms with van der Waals surface area (Å²) in [5.74, 6) is 0.784. The lowest BCUT2D eigenvalue weighted by molar-refractivity contribution is -0.128. The fourth-order valence-corrected chi connectivity index (χ4v) is 3.73. The summed E-state index contributed by atoms with van der Waals surface area (Å²) in [7, 11) is 0. The van der Waals surface area contributed by atoms with E-state index in [1.165, 1.54) is 5.56 Å². The molecule has 1 spiro atoms. The van der Waals surface area contributed by atoms with Crippen LogP contribution in [0.5, 0.6) is 0 Å². The van der Waals surface area contributed by atoms with Crippen LogP contribution in [0.4, 0.5) is 5.69 Å². The zero-order chi connectivity index (χ0) is 15.0. The summed E-state index contributed by atoms with van der Waals surface area (Å²) in [5.41, 5.74) is 2.13. The Morgan fingerprint density at radius 3 is 2.33 bits per heavy atom. The van der Waals surface area contributed by atoms with Crippen LogP contribution in [0.15, 0.2) is 24.3 Å². The smallest absolute Gasteiger partial charge is 0.233 e. The largest absolute Gasteiger partial charge is 0.393 e. The maximum Gasteiger partial charge on any atom is 0.233 e. The average molecular weight is 287 g/mol. The third kappa shape index (κ3) is 2.59. The van der Waals surface area contributed by atoms with Gasteiger partial charge in [0, 0.05) is 12.2 Å². The number of nitrogens with zero attached hydrogens (tertiary/aromatic N) is 1. The lowest BCUT2D eigenvalue weighted by Gasteiger charge is -2.33. The summed E-state index contributed by atoms with van der Waals surface area (Å²) in [5, 5.41) is 9.68. The third-order valence-electron chi connectivity index (χ3n) is 5.30. The fourth-order valence-electron chi connectivity index (χ4n) is 3.73. The van der Waals surface area contributed by atoms with Crippen molar-refractivity contribution in [2.75, 3.05) is 11.4 Å². The number of aliphatic hydroxyl groups is 1. The molecule has 0 aromatic heterocycles. The van der Waals surface area contributed by atoms with Crippen LogP contribution >= 0.6 is 0 Å². The highest BCUT2D eigenvalue weighted by atomic mass is 16.3. The molecule has 0 unspecified atom stereocenters. The van der Waals surface area contributed by atoms with Crippen molar-refractivity contribution in [3.05, 3.63) is 29.8 Å². The topological polar surface area (TPSA) is 40.5 Å². The van der Waals surface area contributed by atoms with Gasteiger partial charge in [-0.05, 0) is 55.7 Å². The van der Waals surface area contributed by atoms with Crippen molar-refractivity contribution < 1.29 is 9.90 Å². The number of carbonyl (C=O) groups is 1. The second kappa shape index (κ2) is 5.45. The zero-order valence-electron chi connectivity index (χ0n) is 13.0. The van der Waals surface area contributed by atoms with Crippen LogP contribution < -0.4 is 4.90 Å². The first-order valence-electron chi connectivity index (χ1n) is 8.12. The van der Waals surface area contributed by atoms with E-state index in [0.29, 0.717) is 5.92 Å². The van der Waals surface area contributed by atoms with E-state index >= 15 is 0 Å². The van der Waals surface area contributed by atoms with Crippen LogP contribution in [0.3, 0.4) is 0 Å². The molecule has 0 atom stereocenters. The van der Waals surface area contributed by atoms with Crippen molar-refractivity contribution in [1.29, 1.82) is 0 Å². The Morgan fingerprint density at radius 1 is 1.14 bits per heavy atom. The molecule has 2 fully saturated rings. The van der Waals surface area contributed by atoms with E-state index < -0.39 is 0 Å². The summed E-state index contributed by atoms with van der Waals surface area (Å²) < 4.78 is 0. The Balaban J connectivity index is 1.77. The molecule has 0 radical (unpaired) electrons. The molecule has 1 aliphatic carbocycles. The van der Waals surface area contributed by atoms with E-state index in [1.807, 2.05) is 4.90 Å². The lowest BCUT2D eigenvalue weighted by atomic mass is 9.72. The van der Waals surface area contributed by atoms with Gasteiger partial charge in [0.2, 0.25) is 5.91 Å². The summed E-state index contributed by atoms with van der Waals surface area (Å²) in [6, 6.07) is 8.40. The maximum absolute atomic E-state index is 12.9. The number of benzene rings is 1.